The van der Waals surface area contributed by atoms with Crippen LogP contribution in [-0.2, 0) is 0 Å². The van der Waals surface area contributed by atoms with Crippen molar-refractivity contribution in [3.8, 4) is 5.95 Å². The van der Waals surface area contributed by atoms with Crippen LogP contribution in [0.1, 0.15) is 24.2 Å². The van der Waals surface area contributed by atoms with Crippen LogP contribution in [-0.4, -0.2) is 37.8 Å². The summed E-state index contributed by atoms with van der Waals surface area (Å²) >= 11 is 6.16. The van der Waals surface area contributed by atoms with E-state index >= 15 is 0 Å². The van der Waals surface area contributed by atoms with Crippen molar-refractivity contribution in [2.24, 2.45) is 0 Å². The molecule has 3 rings (SSSR count). The van der Waals surface area contributed by atoms with E-state index in [1.807, 2.05) is 13.8 Å². The van der Waals surface area contributed by atoms with Crippen molar-refractivity contribution in [3.63, 3.8) is 0 Å². The quantitative estimate of drug-likeness (QED) is 0.903. The molecular formula is C12H16ClN7. The van der Waals surface area contributed by atoms with Crippen molar-refractivity contribution in [1.29, 1.82) is 0 Å². The Morgan fingerprint density at radius 2 is 1.70 bits per heavy atom. The molecule has 0 amide bonds. The van der Waals surface area contributed by atoms with Crippen molar-refractivity contribution >= 4 is 23.5 Å². The summed E-state index contributed by atoms with van der Waals surface area (Å²) < 4.78 is 1.61. The molecule has 0 aliphatic carbocycles. The predicted molar refractivity (Wildman–Crippen MR) is 77.3 cm³/mol. The van der Waals surface area contributed by atoms with Crippen LogP contribution in [0, 0.1) is 13.8 Å². The van der Waals surface area contributed by atoms with Gasteiger partial charge in [0.05, 0.1) is 16.4 Å². The first kappa shape index (κ1) is 13.1. The average Bonchev–Trinajstić information content (AvgIpc) is 3.03. The third kappa shape index (κ3) is 2.18. The monoisotopic (exact) mass is 293 g/mol. The second-order valence-electron chi connectivity index (χ2n) is 4.88. The molecule has 0 atom stereocenters. The Morgan fingerprint density at radius 3 is 2.30 bits per heavy atom. The number of aromatic nitrogens is 5. The number of anilines is 2. The molecule has 0 radical (unpaired) electrons. The van der Waals surface area contributed by atoms with E-state index in [1.165, 1.54) is 0 Å². The summed E-state index contributed by atoms with van der Waals surface area (Å²) in [5.41, 5.74) is 7.33. The highest BCUT2D eigenvalue weighted by molar-refractivity contribution is 6.31. The van der Waals surface area contributed by atoms with Crippen LogP contribution in [0.2, 0.25) is 5.02 Å². The van der Waals surface area contributed by atoms with Gasteiger partial charge < -0.3 is 10.6 Å². The fourth-order valence-corrected chi connectivity index (χ4v) is 2.46. The first-order valence-corrected chi connectivity index (χ1v) is 6.92. The molecule has 1 aliphatic heterocycles. The summed E-state index contributed by atoms with van der Waals surface area (Å²) in [5.74, 6) is 1.21. The zero-order valence-electron chi connectivity index (χ0n) is 11.5. The van der Waals surface area contributed by atoms with Gasteiger partial charge in [0.2, 0.25) is 11.9 Å². The summed E-state index contributed by atoms with van der Waals surface area (Å²) in [6.07, 6.45) is 2.29. The molecular weight excluding hydrogens is 278 g/mol. The van der Waals surface area contributed by atoms with Crippen LogP contribution >= 0.6 is 11.6 Å². The van der Waals surface area contributed by atoms with Crippen LogP contribution in [0.4, 0.5) is 11.9 Å². The molecule has 106 valence electrons. The summed E-state index contributed by atoms with van der Waals surface area (Å²) in [7, 11) is 0. The lowest BCUT2D eigenvalue weighted by Crippen LogP contribution is -2.22. The number of hydrogen-bond donors (Lipinski definition) is 1. The van der Waals surface area contributed by atoms with Gasteiger partial charge in [0.25, 0.3) is 5.95 Å². The lowest BCUT2D eigenvalue weighted by molar-refractivity contribution is 0.756. The number of hydrogen-bond acceptors (Lipinski definition) is 6. The van der Waals surface area contributed by atoms with Crippen molar-refractivity contribution in [2.75, 3.05) is 23.7 Å². The molecule has 8 heteroatoms. The molecule has 2 aromatic rings. The number of nitrogen functional groups attached to an aromatic ring is 1. The molecule has 2 aromatic heterocycles. The van der Waals surface area contributed by atoms with Gasteiger partial charge in [0.1, 0.15) is 0 Å². The zero-order valence-corrected chi connectivity index (χ0v) is 12.2. The van der Waals surface area contributed by atoms with Gasteiger partial charge in [-0.25, -0.2) is 4.68 Å². The number of halogens is 1. The van der Waals surface area contributed by atoms with Gasteiger partial charge >= 0.3 is 0 Å². The molecule has 1 fully saturated rings. The lowest BCUT2D eigenvalue weighted by Gasteiger charge is -2.15. The van der Waals surface area contributed by atoms with E-state index in [0.29, 0.717) is 16.9 Å². The van der Waals surface area contributed by atoms with Gasteiger partial charge in [-0.1, -0.05) is 11.6 Å². The van der Waals surface area contributed by atoms with Crippen molar-refractivity contribution in [3.05, 3.63) is 16.4 Å². The fourth-order valence-electron chi connectivity index (χ4n) is 2.34. The maximum atomic E-state index is 6.16. The molecule has 1 aliphatic rings. The maximum Gasteiger partial charge on any atom is 0.257 e. The second-order valence-corrected chi connectivity index (χ2v) is 5.26. The molecule has 7 nitrogen and oxygen atoms in total. The highest BCUT2D eigenvalue weighted by atomic mass is 35.5. The molecule has 0 bridgehead atoms. The first-order chi connectivity index (χ1) is 9.56. The molecule has 0 saturated carbocycles. The molecule has 1 saturated heterocycles. The summed E-state index contributed by atoms with van der Waals surface area (Å²) in [6, 6.07) is 0. The lowest BCUT2D eigenvalue weighted by atomic mass is 10.4. The smallest absolute Gasteiger partial charge is 0.257 e. The van der Waals surface area contributed by atoms with E-state index < -0.39 is 0 Å². The van der Waals surface area contributed by atoms with Crippen LogP contribution in [0.5, 0.6) is 0 Å². The predicted octanol–water partition coefficient (Wildman–Crippen LogP) is 1.51. The normalized spacial score (nSPS) is 15.1. The van der Waals surface area contributed by atoms with E-state index in [1.54, 1.807) is 4.68 Å². The molecule has 3 heterocycles. The SMILES string of the molecule is Cc1nn(-c2nc(N)nc(N3CCCC3)n2)c(C)c1Cl. The van der Waals surface area contributed by atoms with Crippen molar-refractivity contribution in [2.45, 2.75) is 26.7 Å². The van der Waals surface area contributed by atoms with E-state index in [-0.39, 0.29) is 5.95 Å². The topological polar surface area (TPSA) is 85.8 Å². The highest BCUT2D eigenvalue weighted by Crippen LogP contribution is 2.22. The van der Waals surface area contributed by atoms with E-state index in [9.17, 15) is 0 Å². The van der Waals surface area contributed by atoms with Crippen LogP contribution < -0.4 is 10.6 Å². The molecule has 0 aromatic carbocycles. The number of rotatable bonds is 2. The Kier molecular flexibility index (Phi) is 3.21. The zero-order chi connectivity index (χ0) is 14.3. The van der Waals surface area contributed by atoms with Crippen LogP contribution in [0.3, 0.4) is 0 Å². The van der Waals surface area contributed by atoms with Crippen molar-refractivity contribution < 1.29 is 0 Å². The number of aryl methyl sites for hydroxylation is 1. The third-order valence-corrected chi connectivity index (χ3v) is 3.96. The first-order valence-electron chi connectivity index (χ1n) is 6.55. The largest absolute Gasteiger partial charge is 0.368 e. The molecule has 0 unspecified atom stereocenters. The van der Waals surface area contributed by atoms with Crippen molar-refractivity contribution in [1.82, 2.24) is 24.7 Å². The number of nitrogens with two attached hydrogens (primary N) is 1. The van der Waals surface area contributed by atoms with E-state index in [2.05, 4.69) is 25.0 Å². The van der Waals surface area contributed by atoms with Crippen LogP contribution in [0.15, 0.2) is 0 Å². The Hall–Kier alpha value is -1.89. The van der Waals surface area contributed by atoms with E-state index in [4.69, 9.17) is 17.3 Å². The number of nitrogens with zero attached hydrogens (tertiary/aromatic N) is 6. The summed E-state index contributed by atoms with van der Waals surface area (Å²) in [5, 5.41) is 4.96. The average molecular weight is 294 g/mol. The summed E-state index contributed by atoms with van der Waals surface area (Å²) in [6.45, 7) is 5.61. The molecule has 0 spiro atoms. The minimum Gasteiger partial charge on any atom is -0.368 e. The second kappa shape index (κ2) is 4.90. The third-order valence-electron chi connectivity index (χ3n) is 3.41. The van der Waals surface area contributed by atoms with Gasteiger partial charge in [-0.3, -0.25) is 0 Å². The Balaban J connectivity index is 2.07. The Bertz CT molecular complexity index is 645. The van der Waals surface area contributed by atoms with Gasteiger partial charge in [-0.2, -0.15) is 20.1 Å². The Morgan fingerprint density at radius 1 is 1.05 bits per heavy atom. The maximum absolute atomic E-state index is 6.16. The molecule has 20 heavy (non-hydrogen) atoms. The van der Waals surface area contributed by atoms with E-state index in [0.717, 1.165) is 37.3 Å². The minimum absolute atomic E-state index is 0.195. The fraction of sp³-hybridized carbons (Fsp3) is 0.500. The Labute approximate surface area is 121 Å². The van der Waals surface area contributed by atoms with Gasteiger partial charge in [0.15, 0.2) is 0 Å². The molecule has 2 N–H and O–H groups in total. The summed E-state index contributed by atoms with van der Waals surface area (Å²) in [4.78, 5) is 14.9. The van der Waals surface area contributed by atoms with Gasteiger partial charge in [-0.05, 0) is 26.7 Å². The highest BCUT2D eigenvalue weighted by Gasteiger charge is 2.19. The minimum atomic E-state index is 0.195. The van der Waals surface area contributed by atoms with Crippen LogP contribution in [0.25, 0.3) is 5.95 Å². The van der Waals surface area contributed by atoms with Gasteiger partial charge in [-0.15, -0.1) is 0 Å². The van der Waals surface area contributed by atoms with Gasteiger partial charge in [0, 0.05) is 13.1 Å². The standard InChI is InChI=1S/C12H16ClN7/c1-7-9(13)8(2)20(18-7)12-16-10(14)15-11(17-12)19-5-3-4-6-19/h3-6H2,1-2H3,(H2,14,15,16,17).